The second-order valence-electron chi connectivity index (χ2n) is 5.96. The fraction of sp³-hybridized carbons (Fsp3) is 0.350. The minimum atomic E-state index is -3.42. The highest BCUT2D eigenvalue weighted by Crippen LogP contribution is 2.56. The van der Waals surface area contributed by atoms with E-state index in [0.29, 0.717) is 17.5 Å². The van der Waals surface area contributed by atoms with Gasteiger partial charge in [-0.25, -0.2) is 0 Å². The minimum Gasteiger partial charge on any atom is -0.496 e. The summed E-state index contributed by atoms with van der Waals surface area (Å²) in [6.07, 6.45) is 0.610. The average molecular weight is 376 g/mol. The van der Waals surface area contributed by atoms with Crippen LogP contribution in [-0.2, 0) is 4.57 Å². The third kappa shape index (κ3) is 3.49. The summed E-state index contributed by atoms with van der Waals surface area (Å²) in [7, 11) is 1.02. The van der Waals surface area contributed by atoms with E-state index >= 15 is 0 Å². The van der Waals surface area contributed by atoms with Crippen LogP contribution in [-0.4, -0.2) is 32.5 Å². The van der Waals surface area contributed by atoms with Crippen LogP contribution in [0.25, 0.3) is 0 Å². The topological polar surface area (TPSA) is 61.8 Å². The lowest BCUT2D eigenvalue weighted by Gasteiger charge is -2.25. The van der Waals surface area contributed by atoms with E-state index in [2.05, 4.69) is 0 Å². The molecule has 0 aliphatic rings. The van der Waals surface area contributed by atoms with Crippen molar-refractivity contribution in [2.75, 3.05) is 21.3 Å². The molecule has 0 heterocycles. The Labute approximate surface area is 154 Å². The summed E-state index contributed by atoms with van der Waals surface area (Å²) >= 11 is 0. The number of carbonyl (C=O) groups is 1. The van der Waals surface area contributed by atoms with Gasteiger partial charge in [-0.15, -0.1) is 0 Å². The van der Waals surface area contributed by atoms with Crippen molar-refractivity contribution in [2.24, 2.45) is 0 Å². The molecule has 0 aliphatic heterocycles. The minimum absolute atomic E-state index is 0.184. The van der Waals surface area contributed by atoms with E-state index in [-0.39, 0.29) is 22.7 Å². The van der Waals surface area contributed by atoms with E-state index < -0.39 is 12.7 Å². The van der Waals surface area contributed by atoms with Crippen molar-refractivity contribution in [3.8, 4) is 17.2 Å². The van der Waals surface area contributed by atoms with E-state index in [1.165, 1.54) is 21.3 Å². The van der Waals surface area contributed by atoms with E-state index in [0.717, 1.165) is 0 Å². The van der Waals surface area contributed by atoms with Crippen molar-refractivity contribution in [1.82, 2.24) is 0 Å². The Morgan fingerprint density at radius 2 is 1.54 bits per heavy atom. The number of ether oxygens (including phenoxy) is 3. The fourth-order valence-electron chi connectivity index (χ4n) is 2.86. The van der Waals surface area contributed by atoms with Crippen molar-refractivity contribution < 1.29 is 23.6 Å². The van der Waals surface area contributed by atoms with Gasteiger partial charge in [-0.05, 0) is 6.42 Å². The lowest BCUT2D eigenvalue weighted by Crippen LogP contribution is -2.22. The van der Waals surface area contributed by atoms with Gasteiger partial charge in [0.25, 0.3) is 0 Å². The number of rotatable bonds is 8. The van der Waals surface area contributed by atoms with Crippen LogP contribution in [0.15, 0.2) is 42.5 Å². The molecule has 2 aromatic rings. The molecular weight excluding hydrogens is 351 g/mol. The molecule has 0 fully saturated rings. The summed E-state index contributed by atoms with van der Waals surface area (Å²) in [6.45, 7) is 3.77. The van der Waals surface area contributed by atoms with Crippen LogP contribution < -0.4 is 19.5 Å². The molecule has 0 aliphatic carbocycles. The molecule has 0 N–H and O–H groups in total. The molecule has 0 spiro atoms. The molecule has 0 bridgehead atoms. The van der Waals surface area contributed by atoms with Gasteiger partial charge in [0.05, 0.1) is 21.3 Å². The van der Waals surface area contributed by atoms with Crippen LogP contribution >= 0.6 is 7.14 Å². The predicted octanol–water partition coefficient (Wildman–Crippen LogP) is 4.34. The van der Waals surface area contributed by atoms with Crippen LogP contribution in [0.5, 0.6) is 17.2 Å². The number of hydrogen-bond donors (Lipinski definition) is 0. The van der Waals surface area contributed by atoms with E-state index in [9.17, 15) is 9.36 Å². The Kier molecular flexibility index (Phi) is 6.49. The molecule has 140 valence electrons. The zero-order chi connectivity index (χ0) is 19.3. The van der Waals surface area contributed by atoms with Crippen LogP contribution in [0.2, 0.25) is 0 Å². The largest absolute Gasteiger partial charge is 0.496 e. The Hall–Kier alpha value is -2.26. The smallest absolute Gasteiger partial charge is 0.233 e. The molecule has 0 amide bonds. The predicted molar refractivity (Wildman–Crippen MR) is 104 cm³/mol. The quantitative estimate of drug-likeness (QED) is 0.642. The first-order chi connectivity index (χ1) is 12.4. The molecular formula is C20H25O5P. The van der Waals surface area contributed by atoms with Crippen molar-refractivity contribution in [3.63, 3.8) is 0 Å². The summed E-state index contributed by atoms with van der Waals surface area (Å²) in [5.74, 6) is 1.06. The molecule has 5 nitrogen and oxygen atoms in total. The first-order valence-corrected chi connectivity index (χ1v) is 10.2. The summed E-state index contributed by atoms with van der Waals surface area (Å²) in [5.41, 5.74) is -0.591. The van der Waals surface area contributed by atoms with Gasteiger partial charge < -0.3 is 18.8 Å². The molecule has 0 saturated heterocycles. The number of carbonyl (C=O) groups excluding carboxylic acids is 1. The van der Waals surface area contributed by atoms with Gasteiger partial charge in [-0.3, -0.25) is 4.79 Å². The molecule has 2 atom stereocenters. The molecule has 2 aromatic carbocycles. The molecule has 2 rings (SSSR count). The van der Waals surface area contributed by atoms with Gasteiger partial charge in [-0.1, -0.05) is 44.2 Å². The first-order valence-electron chi connectivity index (χ1n) is 8.44. The Balaban J connectivity index is 2.73. The number of methoxy groups -OCH3 is 3. The standard InChI is InChI=1S/C20H25O5P/c1-6-14(2)26(22,16-10-8-7-9-11-16)20(21)19-17(24-4)12-15(23-3)13-18(19)25-5/h7-14H,6H2,1-5H3. The highest BCUT2D eigenvalue weighted by molar-refractivity contribution is 7.88. The summed E-state index contributed by atoms with van der Waals surface area (Å²) < 4.78 is 30.1. The monoisotopic (exact) mass is 376 g/mol. The Morgan fingerprint density at radius 1 is 1.00 bits per heavy atom. The van der Waals surface area contributed by atoms with Gasteiger partial charge in [0.15, 0.2) is 7.14 Å². The highest BCUT2D eigenvalue weighted by Gasteiger charge is 2.42. The molecule has 6 heteroatoms. The summed E-state index contributed by atoms with van der Waals surface area (Å²) in [6, 6.07) is 12.1. The van der Waals surface area contributed by atoms with Crippen LogP contribution in [0.3, 0.4) is 0 Å². The molecule has 0 saturated carbocycles. The maximum absolute atomic E-state index is 14.0. The van der Waals surface area contributed by atoms with Gasteiger partial charge in [0.2, 0.25) is 5.52 Å². The van der Waals surface area contributed by atoms with Crippen molar-refractivity contribution in [3.05, 3.63) is 48.0 Å². The van der Waals surface area contributed by atoms with Crippen molar-refractivity contribution in [1.29, 1.82) is 0 Å². The highest BCUT2D eigenvalue weighted by atomic mass is 31.2. The van der Waals surface area contributed by atoms with Crippen molar-refractivity contribution >= 4 is 18.0 Å². The lowest BCUT2D eigenvalue weighted by molar-refractivity contribution is 0.106. The maximum Gasteiger partial charge on any atom is 0.233 e. The van der Waals surface area contributed by atoms with E-state index in [1.807, 2.05) is 19.9 Å². The fourth-order valence-corrected chi connectivity index (χ4v) is 5.69. The van der Waals surface area contributed by atoms with Gasteiger partial charge in [0, 0.05) is 23.1 Å². The SMILES string of the molecule is CCC(C)P(=O)(C(=O)c1c(OC)cc(OC)cc1OC)c1ccccc1. The Bertz CT molecular complexity index is 791. The van der Waals surface area contributed by atoms with Gasteiger partial charge in [0.1, 0.15) is 22.8 Å². The second-order valence-corrected chi connectivity index (χ2v) is 9.08. The lowest BCUT2D eigenvalue weighted by atomic mass is 10.2. The zero-order valence-corrected chi connectivity index (χ0v) is 16.7. The molecule has 26 heavy (non-hydrogen) atoms. The van der Waals surface area contributed by atoms with Crippen LogP contribution in [0.1, 0.15) is 30.6 Å². The second kappa shape index (κ2) is 8.41. The van der Waals surface area contributed by atoms with Crippen LogP contribution in [0, 0.1) is 0 Å². The normalized spacial score (nSPS) is 14.2. The number of benzene rings is 2. The van der Waals surface area contributed by atoms with Gasteiger partial charge >= 0.3 is 0 Å². The van der Waals surface area contributed by atoms with Crippen LogP contribution in [0.4, 0.5) is 0 Å². The average Bonchev–Trinajstić information content (AvgIpc) is 2.71. The third-order valence-electron chi connectivity index (χ3n) is 4.58. The van der Waals surface area contributed by atoms with Crippen molar-refractivity contribution in [2.45, 2.75) is 25.9 Å². The first kappa shape index (κ1) is 20.1. The molecule has 0 aromatic heterocycles. The Morgan fingerprint density at radius 3 is 1.96 bits per heavy atom. The molecule has 0 radical (unpaired) electrons. The zero-order valence-electron chi connectivity index (χ0n) is 15.8. The van der Waals surface area contributed by atoms with E-state index in [4.69, 9.17) is 14.2 Å². The van der Waals surface area contributed by atoms with Gasteiger partial charge in [-0.2, -0.15) is 0 Å². The molecule has 2 unspecified atom stereocenters. The van der Waals surface area contributed by atoms with E-state index in [1.54, 1.807) is 36.4 Å². The summed E-state index contributed by atoms with van der Waals surface area (Å²) in [5, 5.41) is 0.541. The maximum atomic E-state index is 14.0. The summed E-state index contributed by atoms with van der Waals surface area (Å²) in [4.78, 5) is 13.6. The third-order valence-corrected chi connectivity index (χ3v) is 8.08. The number of hydrogen-bond acceptors (Lipinski definition) is 5.